The van der Waals surface area contributed by atoms with Gasteiger partial charge in [0.25, 0.3) is 0 Å². The number of hydrogen-bond acceptors (Lipinski definition) is 1. The number of nitrogens with zero attached hydrogens (tertiary/aromatic N) is 2. The van der Waals surface area contributed by atoms with Crippen LogP contribution in [0, 0.1) is 5.92 Å². The summed E-state index contributed by atoms with van der Waals surface area (Å²) in [7, 11) is 4.56. The first-order valence-corrected chi connectivity index (χ1v) is 13.0. The third kappa shape index (κ3) is 14.1. The first-order chi connectivity index (χ1) is 13.9. The Morgan fingerprint density at radius 1 is 0.759 bits per heavy atom. The number of likely N-dealkylation sites (tertiary alicyclic amines) is 1. The van der Waals surface area contributed by atoms with Gasteiger partial charge >= 0.3 is 0 Å². The van der Waals surface area contributed by atoms with E-state index >= 15 is 0 Å². The van der Waals surface area contributed by atoms with Crippen molar-refractivity contribution in [2.45, 2.75) is 123 Å². The molecular formula is C26H53N2O+. The minimum absolute atomic E-state index is 0.357. The number of carbonyl (C=O) groups excluding carboxylic acids is 1. The Labute approximate surface area is 183 Å². The molecule has 0 aliphatic carbocycles. The van der Waals surface area contributed by atoms with E-state index in [1.165, 1.54) is 109 Å². The summed E-state index contributed by atoms with van der Waals surface area (Å²) >= 11 is 0. The van der Waals surface area contributed by atoms with Crippen LogP contribution < -0.4 is 0 Å². The monoisotopic (exact) mass is 409 g/mol. The Bertz CT molecular complexity index is 408. The number of carbonyl (C=O) groups is 1. The zero-order valence-corrected chi connectivity index (χ0v) is 20.5. The average Bonchev–Trinajstić information content (AvgIpc) is 2.97. The molecule has 0 aromatic carbocycles. The van der Waals surface area contributed by atoms with Crippen molar-refractivity contribution in [1.29, 1.82) is 0 Å². The van der Waals surface area contributed by atoms with Crippen molar-refractivity contribution in [3.63, 3.8) is 0 Å². The van der Waals surface area contributed by atoms with Crippen LogP contribution >= 0.6 is 0 Å². The van der Waals surface area contributed by atoms with E-state index in [9.17, 15) is 4.79 Å². The fourth-order valence-corrected chi connectivity index (χ4v) is 4.73. The van der Waals surface area contributed by atoms with Gasteiger partial charge in [-0.25, -0.2) is 0 Å². The summed E-state index contributed by atoms with van der Waals surface area (Å²) in [6, 6.07) is 0. The Hall–Kier alpha value is -0.570. The molecule has 0 bridgehead atoms. The van der Waals surface area contributed by atoms with Gasteiger partial charge in [0, 0.05) is 13.0 Å². The number of rotatable bonds is 19. The summed E-state index contributed by atoms with van der Waals surface area (Å²) in [5.74, 6) is 0.897. The van der Waals surface area contributed by atoms with Crippen molar-refractivity contribution >= 4 is 5.91 Å². The molecule has 172 valence electrons. The summed E-state index contributed by atoms with van der Waals surface area (Å²) in [5, 5.41) is 0. The van der Waals surface area contributed by atoms with Crippen LogP contribution in [0.25, 0.3) is 0 Å². The summed E-state index contributed by atoms with van der Waals surface area (Å²) in [6.45, 7) is 7.52. The predicted molar refractivity (Wildman–Crippen MR) is 127 cm³/mol. The molecule has 1 amide bonds. The molecule has 0 N–H and O–H groups in total. The average molecular weight is 410 g/mol. The van der Waals surface area contributed by atoms with E-state index in [-0.39, 0.29) is 0 Å². The maximum Gasteiger partial charge on any atom is 0.227 e. The van der Waals surface area contributed by atoms with Gasteiger partial charge in [-0.05, 0) is 18.8 Å². The Morgan fingerprint density at radius 2 is 1.17 bits per heavy atom. The summed E-state index contributed by atoms with van der Waals surface area (Å²) in [5.41, 5.74) is 0. The second-order valence-corrected chi connectivity index (χ2v) is 10.5. The van der Waals surface area contributed by atoms with Crippen molar-refractivity contribution in [3.05, 3.63) is 0 Å². The van der Waals surface area contributed by atoms with Crippen LogP contribution in [-0.4, -0.2) is 49.1 Å². The molecule has 1 atom stereocenters. The number of unbranched alkanes of at least 4 members (excludes halogenated alkanes) is 15. The normalized spacial score (nSPS) is 17.4. The van der Waals surface area contributed by atoms with Crippen molar-refractivity contribution in [2.75, 3.05) is 33.9 Å². The highest BCUT2D eigenvalue weighted by Gasteiger charge is 2.31. The minimum Gasteiger partial charge on any atom is -0.311 e. The van der Waals surface area contributed by atoms with Gasteiger partial charge in [0.2, 0.25) is 5.91 Å². The molecule has 0 aromatic heterocycles. The van der Waals surface area contributed by atoms with E-state index in [4.69, 9.17) is 0 Å². The summed E-state index contributed by atoms with van der Waals surface area (Å²) < 4.78 is 0.955. The Balaban J connectivity index is 1.84. The molecule has 1 saturated heterocycles. The van der Waals surface area contributed by atoms with Gasteiger partial charge in [-0.15, -0.1) is 0 Å². The highest BCUT2D eigenvalue weighted by molar-refractivity contribution is 5.78. The summed E-state index contributed by atoms with van der Waals surface area (Å²) in [6.07, 6.45) is 23.5. The van der Waals surface area contributed by atoms with Gasteiger partial charge in [-0.2, -0.15) is 0 Å². The van der Waals surface area contributed by atoms with E-state index in [1.54, 1.807) is 0 Å². The second kappa shape index (κ2) is 16.2. The van der Waals surface area contributed by atoms with Gasteiger partial charge in [0.05, 0.1) is 20.6 Å². The molecule has 1 heterocycles. The van der Waals surface area contributed by atoms with E-state index < -0.39 is 0 Å². The lowest BCUT2D eigenvalue weighted by Crippen LogP contribution is -2.49. The van der Waals surface area contributed by atoms with E-state index in [0.717, 1.165) is 24.1 Å². The number of quaternary nitrogens is 1. The Morgan fingerprint density at radius 3 is 1.55 bits per heavy atom. The Kier molecular flexibility index (Phi) is 14.8. The molecule has 1 aliphatic rings. The SMILES string of the molecule is CCCCCCCCCCCCCCCCCC[N+](C)(C)CN1CC(C)CC1=O. The van der Waals surface area contributed by atoms with Crippen LogP contribution in [0.4, 0.5) is 0 Å². The molecule has 0 aromatic rings. The lowest BCUT2D eigenvalue weighted by molar-refractivity contribution is -0.899. The molecule has 0 radical (unpaired) electrons. The van der Waals surface area contributed by atoms with Crippen molar-refractivity contribution in [1.82, 2.24) is 4.90 Å². The first kappa shape index (κ1) is 26.5. The quantitative estimate of drug-likeness (QED) is 0.164. The van der Waals surface area contributed by atoms with Crippen LogP contribution in [0.2, 0.25) is 0 Å². The third-order valence-electron chi connectivity index (χ3n) is 6.58. The molecule has 1 aliphatic heterocycles. The van der Waals surface area contributed by atoms with Gasteiger partial charge < -0.3 is 4.48 Å². The van der Waals surface area contributed by atoms with Gasteiger partial charge in [0.15, 0.2) is 6.67 Å². The lowest BCUT2D eigenvalue weighted by Gasteiger charge is -2.33. The van der Waals surface area contributed by atoms with Gasteiger partial charge in [-0.3, -0.25) is 9.69 Å². The highest BCUT2D eigenvalue weighted by atomic mass is 16.2. The molecule has 1 rings (SSSR count). The van der Waals surface area contributed by atoms with Crippen LogP contribution in [0.5, 0.6) is 0 Å². The van der Waals surface area contributed by atoms with Crippen LogP contribution in [-0.2, 0) is 4.79 Å². The third-order valence-corrected chi connectivity index (χ3v) is 6.58. The molecule has 29 heavy (non-hydrogen) atoms. The van der Waals surface area contributed by atoms with E-state index in [1.807, 2.05) is 0 Å². The maximum atomic E-state index is 12.0. The standard InChI is InChI=1S/C26H53N2O/c1-5-6-7-8-9-10-11-12-13-14-15-16-17-18-19-20-21-28(3,4)24-27-23-25(2)22-26(27)29/h25H,5-24H2,1-4H3/q+1. The zero-order valence-electron chi connectivity index (χ0n) is 20.5. The van der Waals surface area contributed by atoms with Crippen LogP contribution in [0.15, 0.2) is 0 Å². The van der Waals surface area contributed by atoms with E-state index in [2.05, 4.69) is 32.8 Å². The molecule has 1 unspecified atom stereocenters. The van der Waals surface area contributed by atoms with Crippen LogP contribution in [0.3, 0.4) is 0 Å². The number of hydrogen-bond donors (Lipinski definition) is 0. The predicted octanol–water partition coefficient (Wildman–Crippen LogP) is 7.15. The topological polar surface area (TPSA) is 20.3 Å². The molecular weight excluding hydrogens is 356 g/mol. The fourth-order valence-electron chi connectivity index (χ4n) is 4.73. The molecule has 0 saturated carbocycles. The molecule has 3 nitrogen and oxygen atoms in total. The first-order valence-electron chi connectivity index (χ1n) is 13.0. The van der Waals surface area contributed by atoms with Gasteiger partial charge in [-0.1, -0.05) is 104 Å². The van der Waals surface area contributed by atoms with Gasteiger partial charge in [0.1, 0.15) is 0 Å². The second-order valence-electron chi connectivity index (χ2n) is 10.5. The van der Waals surface area contributed by atoms with Crippen molar-refractivity contribution in [2.24, 2.45) is 5.92 Å². The largest absolute Gasteiger partial charge is 0.311 e. The van der Waals surface area contributed by atoms with Crippen molar-refractivity contribution < 1.29 is 9.28 Å². The smallest absolute Gasteiger partial charge is 0.227 e. The molecule has 3 heteroatoms. The van der Waals surface area contributed by atoms with Crippen LogP contribution in [0.1, 0.15) is 123 Å². The number of amides is 1. The zero-order chi connectivity index (χ0) is 21.4. The highest BCUT2D eigenvalue weighted by Crippen LogP contribution is 2.19. The molecule has 0 spiro atoms. The fraction of sp³-hybridized carbons (Fsp3) is 0.962. The molecule has 1 fully saturated rings. The van der Waals surface area contributed by atoms with E-state index in [0.29, 0.717) is 11.8 Å². The summed E-state index contributed by atoms with van der Waals surface area (Å²) in [4.78, 5) is 14.1. The lowest BCUT2D eigenvalue weighted by atomic mass is 10.0. The maximum absolute atomic E-state index is 12.0. The van der Waals surface area contributed by atoms with Crippen molar-refractivity contribution in [3.8, 4) is 0 Å². The minimum atomic E-state index is 0.357.